The van der Waals surface area contributed by atoms with Gasteiger partial charge in [-0.2, -0.15) is 0 Å². The summed E-state index contributed by atoms with van der Waals surface area (Å²) in [6.07, 6.45) is 13.4. The lowest BCUT2D eigenvalue weighted by Gasteiger charge is -2.16. The maximum Gasteiger partial charge on any atom is 0.261 e. The summed E-state index contributed by atoms with van der Waals surface area (Å²) in [4.78, 5) is 11.5. The fraction of sp³-hybridized carbons (Fsp3) is 0.412. The van der Waals surface area contributed by atoms with Gasteiger partial charge < -0.3 is 15.3 Å². The number of rotatable bonds is 14. The molecule has 44 heavy (non-hydrogen) atoms. The molecule has 1 aliphatic carbocycles. The van der Waals surface area contributed by atoms with Gasteiger partial charge in [0.1, 0.15) is 0 Å². The highest BCUT2D eigenvalue weighted by atomic mass is 32.2. The van der Waals surface area contributed by atoms with Crippen LogP contribution in [0.4, 0.5) is 16.5 Å². The molecule has 6 rings (SSSR count). The molecule has 0 spiro atoms. The molecule has 3 N–H and O–H groups in total. The van der Waals surface area contributed by atoms with Crippen molar-refractivity contribution in [1.29, 1.82) is 0 Å². The number of aliphatic hydroxyl groups is 1. The van der Waals surface area contributed by atoms with Gasteiger partial charge in [0.25, 0.3) is 10.0 Å². The number of nitrogens with one attached hydrogen (secondary N) is 2. The van der Waals surface area contributed by atoms with Crippen LogP contribution < -0.4 is 14.9 Å². The van der Waals surface area contributed by atoms with Crippen molar-refractivity contribution in [2.24, 2.45) is 5.92 Å². The van der Waals surface area contributed by atoms with Crippen LogP contribution in [0, 0.1) is 5.92 Å². The van der Waals surface area contributed by atoms with Crippen molar-refractivity contribution in [3.8, 4) is 0 Å². The SMILES string of the molecule is O=S(=O)(Nc1ccc(CCNCC(O)c2cccnc2)cc1)c1ccc2c(c1)CCN2c1nc(CCCC2CCCC2)cs1. The van der Waals surface area contributed by atoms with Crippen LogP contribution in [0.25, 0.3) is 0 Å². The van der Waals surface area contributed by atoms with E-state index < -0.39 is 16.1 Å². The zero-order valence-corrected chi connectivity index (χ0v) is 26.6. The Morgan fingerprint density at radius 2 is 1.91 bits per heavy atom. The number of anilines is 3. The topological polar surface area (TPSA) is 107 Å². The van der Waals surface area contributed by atoms with Gasteiger partial charge >= 0.3 is 0 Å². The number of fused-ring (bicyclic) bond motifs is 1. The number of aromatic nitrogens is 2. The van der Waals surface area contributed by atoms with Crippen LogP contribution in [0.15, 0.2) is 77.3 Å². The van der Waals surface area contributed by atoms with E-state index in [1.165, 1.54) is 44.2 Å². The lowest BCUT2D eigenvalue weighted by atomic mass is 10.0. The summed E-state index contributed by atoms with van der Waals surface area (Å²) in [6.45, 7) is 1.94. The molecule has 1 aliphatic heterocycles. The minimum atomic E-state index is -3.73. The van der Waals surface area contributed by atoms with Crippen molar-refractivity contribution in [2.45, 2.75) is 68.8 Å². The summed E-state index contributed by atoms with van der Waals surface area (Å²) < 4.78 is 29.2. The fourth-order valence-corrected chi connectivity index (χ4v) is 8.27. The van der Waals surface area contributed by atoms with Crippen LogP contribution >= 0.6 is 11.3 Å². The minimum absolute atomic E-state index is 0.269. The van der Waals surface area contributed by atoms with Gasteiger partial charge in [-0.05, 0) is 85.7 Å². The molecule has 2 aromatic carbocycles. The molecular formula is C34H41N5O3S2. The van der Waals surface area contributed by atoms with E-state index in [2.05, 4.69) is 25.3 Å². The van der Waals surface area contributed by atoms with Gasteiger partial charge in [-0.1, -0.05) is 50.3 Å². The van der Waals surface area contributed by atoms with E-state index in [-0.39, 0.29) is 4.90 Å². The quantitative estimate of drug-likeness (QED) is 0.138. The van der Waals surface area contributed by atoms with Crippen molar-refractivity contribution in [3.63, 3.8) is 0 Å². The highest BCUT2D eigenvalue weighted by Gasteiger charge is 2.26. The molecule has 8 nitrogen and oxygen atoms in total. The monoisotopic (exact) mass is 631 g/mol. The van der Waals surface area contributed by atoms with Crippen LogP contribution in [0.1, 0.15) is 67.0 Å². The summed E-state index contributed by atoms with van der Waals surface area (Å²) >= 11 is 1.68. The van der Waals surface area contributed by atoms with Crippen molar-refractivity contribution in [3.05, 3.63) is 94.8 Å². The van der Waals surface area contributed by atoms with Gasteiger partial charge in [-0.3, -0.25) is 9.71 Å². The first-order valence-corrected chi connectivity index (χ1v) is 18.1. The Labute approximate surface area is 264 Å². The number of pyridine rings is 1. The highest BCUT2D eigenvalue weighted by molar-refractivity contribution is 7.92. The van der Waals surface area contributed by atoms with E-state index in [0.29, 0.717) is 18.8 Å². The summed E-state index contributed by atoms with van der Waals surface area (Å²) in [5.74, 6) is 0.913. The smallest absolute Gasteiger partial charge is 0.261 e. The van der Waals surface area contributed by atoms with E-state index in [1.807, 2.05) is 30.3 Å². The van der Waals surface area contributed by atoms with Gasteiger partial charge in [0.05, 0.1) is 16.7 Å². The minimum Gasteiger partial charge on any atom is -0.387 e. The molecule has 3 heterocycles. The Morgan fingerprint density at radius 3 is 2.70 bits per heavy atom. The van der Waals surface area contributed by atoms with Gasteiger partial charge in [-0.25, -0.2) is 13.4 Å². The molecular weight excluding hydrogens is 591 g/mol. The van der Waals surface area contributed by atoms with Gasteiger partial charge in [-0.15, -0.1) is 11.3 Å². The van der Waals surface area contributed by atoms with Crippen molar-refractivity contribution in [1.82, 2.24) is 15.3 Å². The normalized spacial score (nSPS) is 15.9. The number of thiazole rings is 1. The second-order valence-electron chi connectivity index (χ2n) is 11.9. The number of hydrogen-bond acceptors (Lipinski definition) is 8. The van der Waals surface area contributed by atoms with E-state index >= 15 is 0 Å². The molecule has 1 fully saturated rings. The molecule has 4 aromatic rings. The second kappa shape index (κ2) is 14.2. The first kappa shape index (κ1) is 30.7. The summed E-state index contributed by atoms with van der Waals surface area (Å²) in [5, 5.41) is 16.7. The van der Waals surface area contributed by atoms with E-state index in [1.54, 1.807) is 48.0 Å². The number of hydrogen-bond donors (Lipinski definition) is 3. The van der Waals surface area contributed by atoms with Crippen molar-refractivity contribution in [2.75, 3.05) is 29.3 Å². The Morgan fingerprint density at radius 1 is 1.07 bits per heavy atom. The lowest BCUT2D eigenvalue weighted by molar-refractivity contribution is 0.174. The molecule has 2 aromatic heterocycles. The van der Waals surface area contributed by atoms with Gasteiger partial charge in [0.2, 0.25) is 0 Å². The summed E-state index contributed by atoms with van der Waals surface area (Å²) in [7, 11) is -3.73. The maximum absolute atomic E-state index is 13.3. The van der Waals surface area contributed by atoms with Crippen LogP contribution in [0.2, 0.25) is 0 Å². The van der Waals surface area contributed by atoms with Crippen molar-refractivity contribution < 1.29 is 13.5 Å². The molecule has 1 unspecified atom stereocenters. The Hall–Kier alpha value is -3.31. The fourth-order valence-electron chi connectivity index (χ4n) is 6.27. The molecule has 0 radical (unpaired) electrons. The Kier molecular flexibility index (Phi) is 9.91. The molecule has 2 aliphatic rings. The second-order valence-corrected chi connectivity index (χ2v) is 14.4. The number of aryl methyl sites for hydroxylation is 1. The predicted molar refractivity (Wildman–Crippen MR) is 177 cm³/mol. The molecule has 0 amide bonds. The Bertz CT molecular complexity index is 1620. The maximum atomic E-state index is 13.3. The van der Waals surface area contributed by atoms with Crippen LogP contribution in [-0.2, 0) is 29.3 Å². The highest BCUT2D eigenvalue weighted by Crippen LogP contribution is 2.38. The van der Waals surface area contributed by atoms with Gasteiger partial charge in [0.15, 0.2) is 5.13 Å². The molecule has 1 saturated carbocycles. The zero-order valence-electron chi connectivity index (χ0n) is 25.0. The first-order chi connectivity index (χ1) is 21.4. The van der Waals surface area contributed by atoms with Crippen LogP contribution in [0.5, 0.6) is 0 Å². The average Bonchev–Trinajstić information content (AvgIpc) is 3.82. The third-order valence-electron chi connectivity index (χ3n) is 8.75. The largest absolute Gasteiger partial charge is 0.387 e. The standard InChI is InChI=1S/C34H41N5O3S2/c40-33(28-8-4-18-35-22-28)23-36-19-16-26-10-12-29(13-11-26)38-44(41,42)31-14-15-32-27(21-31)17-20-39(32)34-37-30(24-43-34)9-3-7-25-5-1-2-6-25/h4,8,10-15,18,21-22,24-25,33,36,38,40H,1-3,5-7,9,16-17,19-20,23H2. The van der Waals surface area contributed by atoms with Crippen LogP contribution in [0.3, 0.4) is 0 Å². The zero-order chi connectivity index (χ0) is 30.4. The third kappa shape index (κ3) is 7.66. The average molecular weight is 632 g/mol. The van der Waals surface area contributed by atoms with Crippen molar-refractivity contribution >= 4 is 37.9 Å². The Balaban J connectivity index is 0.999. The van der Waals surface area contributed by atoms with Crippen LogP contribution in [-0.4, -0.2) is 43.1 Å². The molecule has 232 valence electrons. The number of nitrogens with zero attached hydrogens (tertiary/aromatic N) is 3. The third-order valence-corrected chi connectivity index (χ3v) is 11.0. The summed E-state index contributed by atoms with van der Waals surface area (Å²) in [6, 6.07) is 16.5. The number of sulfonamides is 1. The number of aliphatic hydroxyl groups excluding tert-OH is 1. The molecule has 0 saturated heterocycles. The first-order valence-electron chi connectivity index (χ1n) is 15.7. The van der Waals surface area contributed by atoms with E-state index in [0.717, 1.165) is 59.2 Å². The molecule has 0 bridgehead atoms. The number of benzene rings is 2. The van der Waals surface area contributed by atoms with Gasteiger partial charge in [0, 0.05) is 47.8 Å². The molecule has 10 heteroatoms. The summed E-state index contributed by atoms with van der Waals surface area (Å²) in [5.41, 5.74) is 5.63. The lowest BCUT2D eigenvalue weighted by Crippen LogP contribution is -2.23. The molecule has 1 atom stereocenters. The van der Waals surface area contributed by atoms with E-state index in [4.69, 9.17) is 4.98 Å². The predicted octanol–water partition coefficient (Wildman–Crippen LogP) is 6.41. The van der Waals surface area contributed by atoms with E-state index in [9.17, 15) is 13.5 Å².